The maximum absolute atomic E-state index is 5.54. The summed E-state index contributed by atoms with van der Waals surface area (Å²) in [4.78, 5) is 0. The summed E-state index contributed by atoms with van der Waals surface area (Å²) < 4.78 is 5.34. The van der Waals surface area contributed by atoms with Crippen LogP contribution in [0, 0.1) is 5.92 Å². The van der Waals surface area contributed by atoms with Crippen LogP contribution in [0.3, 0.4) is 0 Å². The Hall–Kier alpha value is 0.230. The molecule has 1 unspecified atom stereocenters. The number of hydrogen-bond donors (Lipinski definition) is 2. The number of hydrazine groups is 1. The van der Waals surface area contributed by atoms with Crippen LogP contribution in [0.1, 0.15) is 26.2 Å². The lowest BCUT2D eigenvalue weighted by atomic mass is 9.93. The second kappa shape index (κ2) is 7.51. The van der Waals surface area contributed by atoms with Gasteiger partial charge in [0.2, 0.25) is 0 Å². The molecule has 1 rings (SSSR count). The standard InChI is InChI=1S/C10H22N2OS/c1-2-14-8-10(12-11)7-9-3-5-13-6-4-9/h9-10,12H,2-8,11H2,1H3. The molecule has 1 heterocycles. The van der Waals surface area contributed by atoms with E-state index in [1.165, 1.54) is 25.0 Å². The van der Waals surface area contributed by atoms with E-state index in [-0.39, 0.29) is 0 Å². The van der Waals surface area contributed by atoms with Crippen molar-refractivity contribution in [2.75, 3.05) is 24.7 Å². The van der Waals surface area contributed by atoms with Gasteiger partial charge in [0.05, 0.1) is 0 Å². The molecule has 0 aromatic rings. The van der Waals surface area contributed by atoms with Gasteiger partial charge in [-0.05, 0) is 30.9 Å². The molecule has 4 heteroatoms. The number of ether oxygens (including phenoxy) is 1. The van der Waals surface area contributed by atoms with E-state index in [0.29, 0.717) is 6.04 Å². The fourth-order valence-electron chi connectivity index (χ4n) is 1.83. The molecule has 0 aliphatic carbocycles. The zero-order valence-electron chi connectivity index (χ0n) is 9.00. The Bertz CT molecular complexity index is 140. The SMILES string of the molecule is CCSCC(CC1CCOCC1)NN. The van der Waals surface area contributed by atoms with Crippen LogP contribution in [-0.2, 0) is 4.74 Å². The molecule has 1 fully saturated rings. The van der Waals surface area contributed by atoms with E-state index in [1.54, 1.807) is 0 Å². The van der Waals surface area contributed by atoms with Gasteiger partial charge in [0.25, 0.3) is 0 Å². The lowest BCUT2D eigenvalue weighted by Gasteiger charge is -2.26. The van der Waals surface area contributed by atoms with Crippen LogP contribution in [0.25, 0.3) is 0 Å². The van der Waals surface area contributed by atoms with Gasteiger partial charge in [-0.15, -0.1) is 0 Å². The highest BCUT2D eigenvalue weighted by Crippen LogP contribution is 2.21. The molecule has 0 amide bonds. The first-order valence-electron chi connectivity index (χ1n) is 5.48. The number of nitrogens with two attached hydrogens (primary N) is 1. The zero-order valence-corrected chi connectivity index (χ0v) is 9.81. The van der Waals surface area contributed by atoms with E-state index in [2.05, 4.69) is 12.3 Å². The lowest BCUT2D eigenvalue weighted by Crippen LogP contribution is -2.39. The van der Waals surface area contributed by atoms with Crippen molar-refractivity contribution in [2.24, 2.45) is 11.8 Å². The summed E-state index contributed by atoms with van der Waals surface area (Å²) >= 11 is 1.96. The molecular formula is C10H22N2OS. The Balaban J connectivity index is 2.16. The molecule has 1 aliphatic heterocycles. The number of thioether (sulfide) groups is 1. The van der Waals surface area contributed by atoms with Crippen LogP contribution in [0.2, 0.25) is 0 Å². The average molecular weight is 218 g/mol. The Kier molecular flexibility index (Phi) is 6.60. The first kappa shape index (κ1) is 12.3. The Labute approximate surface area is 91.1 Å². The van der Waals surface area contributed by atoms with Gasteiger partial charge in [-0.2, -0.15) is 11.8 Å². The predicted molar refractivity (Wildman–Crippen MR) is 62.3 cm³/mol. The molecule has 0 aromatic carbocycles. The van der Waals surface area contributed by atoms with E-state index < -0.39 is 0 Å². The van der Waals surface area contributed by atoms with Gasteiger partial charge < -0.3 is 4.74 Å². The van der Waals surface area contributed by atoms with Gasteiger partial charge in [-0.25, -0.2) is 0 Å². The highest BCUT2D eigenvalue weighted by Gasteiger charge is 2.18. The molecule has 84 valence electrons. The van der Waals surface area contributed by atoms with Gasteiger partial charge in [0, 0.05) is 25.0 Å². The molecule has 1 aliphatic rings. The minimum atomic E-state index is 0.475. The third-order valence-corrected chi connectivity index (χ3v) is 3.76. The molecule has 0 saturated carbocycles. The number of rotatable bonds is 6. The van der Waals surface area contributed by atoms with E-state index in [4.69, 9.17) is 10.6 Å². The number of hydrogen-bond acceptors (Lipinski definition) is 4. The van der Waals surface area contributed by atoms with Crippen molar-refractivity contribution in [2.45, 2.75) is 32.2 Å². The first-order chi connectivity index (χ1) is 6.86. The van der Waals surface area contributed by atoms with Crippen LogP contribution in [0.5, 0.6) is 0 Å². The molecule has 1 saturated heterocycles. The Morgan fingerprint density at radius 2 is 2.21 bits per heavy atom. The third-order valence-electron chi connectivity index (χ3n) is 2.72. The summed E-state index contributed by atoms with van der Waals surface area (Å²) in [7, 11) is 0. The van der Waals surface area contributed by atoms with E-state index in [0.717, 1.165) is 24.9 Å². The summed E-state index contributed by atoms with van der Waals surface area (Å²) in [6.45, 7) is 4.05. The summed E-state index contributed by atoms with van der Waals surface area (Å²) in [6, 6.07) is 0.475. The smallest absolute Gasteiger partial charge is 0.0468 e. The second-order valence-corrected chi connectivity index (χ2v) is 5.13. The van der Waals surface area contributed by atoms with Crippen LogP contribution >= 0.6 is 11.8 Å². The molecule has 0 radical (unpaired) electrons. The Morgan fingerprint density at radius 3 is 2.79 bits per heavy atom. The van der Waals surface area contributed by atoms with Gasteiger partial charge >= 0.3 is 0 Å². The van der Waals surface area contributed by atoms with Crippen LogP contribution < -0.4 is 11.3 Å². The molecule has 14 heavy (non-hydrogen) atoms. The lowest BCUT2D eigenvalue weighted by molar-refractivity contribution is 0.0613. The average Bonchev–Trinajstić information content (AvgIpc) is 2.25. The van der Waals surface area contributed by atoms with Crippen molar-refractivity contribution < 1.29 is 4.74 Å². The monoisotopic (exact) mass is 218 g/mol. The normalized spacial score (nSPS) is 21.0. The van der Waals surface area contributed by atoms with Crippen LogP contribution in [-0.4, -0.2) is 30.8 Å². The fourth-order valence-corrected chi connectivity index (χ4v) is 2.58. The molecule has 0 aromatic heterocycles. The highest BCUT2D eigenvalue weighted by molar-refractivity contribution is 7.99. The largest absolute Gasteiger partial charge is 0.381 e. The quantitative estimate of drug-likeness (QED) is 0.522. The molecule has 3 N–H and O–H groups in total. The molecule has 1 atom stereocenters. The third kappa shape index (κ3) is 4.64. The van der Waals surface area contributed by atoms with Crippen molar-refractivity contribution >= 4 is 11.8 Å². The summed E-state index contributed by atoms with van der Waals surface area (Å²) in [6.07, 6.45) is 3.61. The minimum Gasteiger partial charge on any atom is -0.381 e. The zero-order chi connectivity index (χ0) is 10.2. The predicted octanol–water partition coefficient (Wildman–Crippen LogP) is 1.39. The minimum absolute atomic E-state index is 0.475. The fraction of sp³-hybridized carbons (Fsp3) is 1.00. The maximum atomic E-state index is 5.54. The van der Waals surface area contributed by atoms with E-state index in [1.807, 2.05) is 11.8 Å². The summed E-state index contributed by atoms with van der Waals surface area (Å²) in [5, 5.41) is 0. The second-order valence-electron chi connectivity index (χ2n) is 3.81. The van der Waals surface area contributed by atoms with Gasteiger partial charge in [0.1, 0.15) is 0 Å². The van der Waals surface area contributed by atoms with Crippen molar-refractivity contribution in [1.82, 2.24) is 5.43 Å². The van der Waals surface area contributed by atoms with E-state index in [9.17, 15) is 0 Å². The van der Waals surface area contributed by atoms with Gasteiger partial charge in [-0.3, -0.25) is 11.3 Å². The molecule has 3 nitrogen and oxygen atoms in total. The van der Waals surface area contributed by atoms with Crippen molar-refractivity contribution in [3.05, 3.63) is 0 Å². The molecular weight excluding hydrogens is 196 g/mol. The first-order valence-corrected chi connectivity index (χ1v) is 6.64. The highest BCUT2D eigenvalue weighted by atomic mass is 32.2. The van der Waals surface area contributed by atoms with Gasteiger partial charge in [0.15, 0.2) is 0 Å². The number of nitrogens with one attached hydrogen (secondary N) is 1. The van der Waals surface area contributed by atoms with Crippen LogP contribution in [0.15, 0.2) is 0 Å². The van der Waals surface area contributed by atoms with Crippen LogP contribution in [0.4, 0.5) is 0 Å². The van der Waals surface area contributed by atoms with Crippen molar-refractivity contribution in [3.8, 4) is 0 Å². The molecule has 0 spiro atoms. The van der Waals surface area contributed by atoms with Gasteiger partial charge in [-0.1, -0.05) is 6.92 Å². The maximum Gasteiger partial charge on any atom is 0.0468 e. The van der Waals surface area contributed by atoms with Crippen molar-refractivity contribution in [1.29, 1.82) is 0 Å². The van der Waals surface area contributed by atoms with E-state index >= 15 is 0 Å². The van der Waals surface area contributed by atoms with Crippen molar-refractivity contribution in [3.63, 3.8) is 0 Å². The topological polar surface area (TPSA) is 47.3 Å². The summed E-state index contributed by atoms with van der Waals surface area (Å²) in [5.41, 5.74) is 2.92. The summed E-state index contributed by atoms with van der Waals surface area (Å²) in [5.74, 6) is 8.65. The molecule has 0 bridgehead atoms. The Morgan fingerprint density at radius 1 is 1.50 bits per heavy atom.